The molecule has 0 amide bonds. The van der Waals surface area contributed by atoms with Crippen LogP contribution in [0.15, 0.2) is 4.99 Å². The summed E-state index contributed by atoms with van der Waals surface area (Å²) in [6, 6.07) is 1.34. The maximum absolute atomic E-state index is 5.65. The predicted octanol–water partition coefficient (Wildman–Crippen LogP) is 1.20. The first-order chi connectivity index (χ1) is 10.8. The molecule has 2 N–H and O–H groups in total. The van der Waals surface area contributed by atoms with E-state index in [2.05, 4.69) is 20.5 Å². The third-order valence-corrected chi connectivity index (χ3v) is 5.01. The lowest BCUT2D eigenvalue weighted by Gasteiger charge is -2.26. The lowest BCUT2D eigenvalue weighted by Crippen LogP contribution is -2.48. The van der Waals surface area contributed by atoms with E-state index in [1.807, 2.05) is 7.05 Å². The first kappa shape index (κ1) is 19.2. The van der Waals surface area contributed by atoms with Crippen LogP contribution in [-0.4, -0.2) is 75.5 Å². The SMILES string of the molecule is CN=C(NCC1COCCO1)NC1CCN(C2CCCC2)C1.I. The van der Waals surface area contributed by atoms with E-state index in [9.17, 15) is 0 Å². The van der Waals surface area contributed by atoms with E-state index in [1.54, 1.807) is 0 Å². The summed E-state index contributed by atoms with van der Waals surface area (Å²) >= 11 is 0. The van der Waals surface area contributed by atoms with Crippen molar-refractivity contribution >= 4 is 29.9 Å². The van der Waals surface area contributed by atoms with Crippen molar-refractivity contribution < 1.29 is 9.47 Å². The molecule has 3 rings (SSSR count). The van der Waals surface area contributed by atoms with Crippen LogP contribution in [0.25, 0.3) is 0 Å². The maximum atomic E-state index is 5.65. The Morgan fingerprint density at radius 1 is 1.22 bits per heavy atom. The zero-order valence-electron chi connectivity index (χ0n) is 14.1. The van der Waals surface area contributed by atoms with Gasteiger partial charge in [0.1, 0.15) is 0 Å². The zero-order valence-corrected chi connectivity index (χ0v) is 16.5. The first-order valence-electron chi connectivity index (χ1n) is 8.75. The molecule has 0 radical (unpaired) electrons. The largest absolute Gasteiger partial charge is 0.376 e. The quantitative estimate of drug-likeness (QED) is 0.393. The van der Waals surface area contributed by atoms with Crippen LogP contribution in [-0.2, 0) is 9.47 Å². The number of nitrogens with zero attached hydrogens (tertiary/aromatic N) is 2. The average molecular weight is 438 g/mol. The van der Waals surface area contributed by atoms with E-state index >= 15 is 0 Å². The highest BCUT2D eigenvalue weighted by atomic mass is 127. The molecule has 2 atom stereocenters. The van der Waals surface area contributed by atoms with Crippen LogP contribution in [0.1, 0.15) is 32.1 Å². The first-order valence-corrected chi connectivity index (χ1v) is 8.75. The van der Waals surface area contributed by atoms with Crippen molar-refractivity contribution in [1.29, 1.82) is 0 Å². The Labute approximate surface area is 156 Å². The predicted molar refractivity (Wildman–Crippen MR) is 103 cm³/mol. The minimum Gasteiger partial charge on any atom is -0.376 e. The van der Waals surface area contributed by atoms with Crippen molar-refractivity contribution in [3.8, 4) is 0 Å². The Balaban J connectivity index is 0.00000192. The molecular formula is C16H31IN4O2. The van der Waals surface area contributed by atoms with Crippen LogP contribution >= 0.6 is 24.0 Å². The second-order valence-electron chi connectivity index (χ2n) is 6.58. The summed E-state index contributed by atoms with van der Waals surface area (Å²) in [5.74, 6) is 0.882. The van der Waals surface area contributed by atoms with Gasteiger partial charge in [0.25, 0.3) is 0 Å². The average Bonchev–Trinajstić information content (AvgIpc) is 3.23. The van der Waals surface area contributed by atoms with Crippen molar-refractivity contribution in [1.82, 2.24) is 15.5 Å². The summed E-state index contributed by atoms with van der Waals surface area (Å²) in [7, 11) is 1.83. The number of rotatable bonds is 4. The van der Waals surface area contributed by atoms with Gasteiger partial charge < -0.3 is 20.1 Å². The lowest BCUT2D eigenvalue weighted by atomic mass is 10.2. The van der Waals surface area contributed by atoms with Crippen molar-refractivity contribution in [3.63, 3.8) is 0 Å². The standard InChI is InChI=1S/C16H30N4O2.HI/c1-17-16(18-10-15-12-21-8-9-22-15)19-13-6-7-20(11-13)14-4-2-3-5-14;/h13-15H,2-12H2,1H3,(H2,17,18,19);1H. The third kappa shape index (κ3) is 5.72. The van der Waals surface area contributed by atoms with Crippen LogP contribution in [0, 0.1) is 0 Å². The molecule has 1 aliphatic carbocycles. The molecular weight excluding hydrogens is 407 g/mol. The van der Waals surface area contributed by atoms with Gasteiger partial charge in [-0.15, -0.1) is 24.0 Å². The number of hydrogen-bond donors (Lipinski definition) is 2. The van der Waals surface area contributed by atoms with E-state index in [4.69, 9.17) is 9.47 Å². The normalized spacial score (nSPS) is 30.2. The topological polar surface area (TPSA) is 58.1 Å². The van der Waals surface area contributed by atoms with Gasteiger partial charge >= 0.3 is 0 Å². The molecule has 2 saturated heterocycles. The summed E-state index contributed by atoms with van der Waals surface area (Å²) in [5, 5.41) is 6.93. The van der Waals surface area contributed by atoms with Crippen molar-refractivity contribution in [2.24, 2.45) is 4.99 Å². The Morgan fingerprint density at radius 3 is 2.74 bits per heavy atom. The summed E-state index contributed by atoms with van der Waals surface area (Å²) in [6.45, 7) is 5.19. The van der Waals surface area contributed by atoms with Gasteiger partial charge in [-0.1, -0.05) is 12.8 Å². The van der Waals surface area contributed by atoms with Gasteiger partial charge in [-0.05, 0) is 19.3 Å². The molecule has 3 aliphatic rings. The molecule has 0 spiro atoms. The maximum Gasteiger partial charge on any atom is 0.191 e. The summed E-state index contributed by atoms with van der Waals surface area (Å²) in [4.78, 5) is 7.00. The molecule has 2 aliphatic heterocycles. The van der Waals surface area contributed by atoms with Crippen LogP contribution in [0.3, 0.4) is 0 Å². The second kappa shape index (κ2) is 10.0. The minimum atomic E-state index is 0. The highest BCUT2D eigenvalue weighted by Crippen LogP contribution is 2.26. The van der Waals surface area contributed by atoms with Gasteiger partial charge in [-0.25, -0.2) is 0 Å². The number of hydrogen-bond acceptors (Lipinski definition) is 4. The fourth-order valence-corrected chi connectivity index (χ4v) is 3.76. The second-order valence-corrected chi connectivity index (χ2v) is 6.58. The number of likely N-dealkylation sites (tertiary alicyclic amines) is 1. The molecule has 7 heteroatoms. The van der Waals surface area contributed by atoms with E-state index in [0.29, 0.717) is 25.9 Å². The summed E-state index contributed by atoms with van der Waals surface area (Å²) < 4.78 is 11.1. The van der Waals surface area contributed by atoms with Crippen LogP contribution in [0.4, 0.5) is 0 Å². The molecule has 0 aromatic rings. The Morgan fingerprint density at radius 2 is 2.04 bits per heavy atom. The molecule has 1 saturated carbocycles. The Bertz CT molecular complexity index is 371. The van der Waals surface area contributed by atoms with Gasteiger partial charge in [0.2, 0.25) is 0 Å². The van der Waals surface area contributed by atoms with E-state index in [1.165, 1.54) is 38.6 Å². The van der Waals surface area contributed by atoms with Crippen molar-refractivity contribution in [3.05, 3.63) is 0 Å². The molecule has 0 bridgehead atoms. The number of nitrogens with one attached hydrogen (secondary N) is 2. The van der Waals surface area contributed by atoms with Gasteiger partial charge in [0.05, 0.1) is 25.9 Å². The number of aliphatic imine (C=N–C) groups is 1. The highest BCUT2D eigenvalue weighted by Gasteiger charge is 2.30. The van der Waals surface area contributed by atoms with Crippen LogP contribution in [0.5, 0.6) is 0 Å². The summed E-state index contributed by atoms with van der Waals surface area (Å²) in [6.07, 6.45) is 6.93. The molecule has 3 fully saturated rings. The lowest BCUT2D eigenvalue weighted by molar-refractivity contribution is -0.0850. The molecule has 6 nitrogen and oxygen atoms in total. The fraction of sp³-hybridized carbons (Fsp3) is 0.938. The highest BCUT2D eigenvalue weighted by molar-refractivity contribution is 14.0. The number of halogens is 1. The molecule has 2 heterocycles. The minimum absolute atomic E-state index is 0. The number of guanidine groups is 1. The van der Waals surface area contributed by atoms with Gasteiger partial charge in [0.15, 0.2) is 5.96 Å². The van der Waals surface area contributed by atoms with Crippen LogP contribution in [0.2, 0.25) is 0 Å². The molecule has 2 unspecified atom stereocenters. The monoisotopic (exact) mass is 438 g/mol. The smallest absolute Gasteiger partial charge is 0.191 e. The van der Waals surface area contributed by atoms with E-state index in [-0.39, 0.29) is 30.1 Å². The van der Waals surface area contributed by atoms with E-state index < -0.39 is 0 Å². The van der Waals surface area contributed by atoms with E-state index in [0.717, 1.165) is 25.1 Å². The number of ether oxygens (including phenoxy) is 2. The molecule has 23 heavy (non-hydrogen) atoms. The van der Waals surface area contributed by atoms with Gasteiger partial charge in [-0.3, -0.25) is 9.89 Å². The van der Waals surface area contributed by atoms with Crippen LogP contribution < -0.4 is 10.6 Å². The Hall–Kier alpha value is -0.120. The molecule has 0 aromatic heterocycles. The summed E-state index contributed by atoms with van der Waals surface area (Å²) in [5.41, 5.74) is 0. The fourth-order valence-electron chi connectivity index (χ4n) is 3.76. The van der Waals surface area contributed by atoms with Gasteiger partial charge in [-0.2, -0.15) is 0 Å². The molecule has 0 aromatic carbocycles. The Kier molecular flexibility index (Phi) is 8.35. The van der Waals surface area contributed by atoms with Crippen molar-refractivity contribution in [2.45, 2.75) is 50.3 Å². The van der Waals surface area contributed by atoms with Gasteiger partial charge in [0, 0.05) is 38.8 Å². The third-order valence-electron chi connectivity index (χ3n) is 5.01. The molecule has 134 valence electrons. The zero-order chi connectivity index (χ0) is 15.2. The van der Waals surface area contributed by atoms with Crippen molar-refractivity contribution in [2.75, 3.05) is 46.5 Å².